The van der Waals surface area contributed by atoms with E-state index in [4.69, 9.17) is 4.42 Å². The molecule has 3 heterocycles. The second kappa shape index (κ2) is 9.39. The first-order valence-corrected chi connectivity index (χ1v) is 10.3. The van der Waals surface area contributed by atoms with Gasteiger partial charge in [0.05, 0.1) is 17.8 Å². The van der Waals surface area contributed by atoms with Gasteiger partial charge in [-0.15, -0.1) is 10.2 Å². The van der Waals surface area contributed by atoms with Gasteiger partial charge >= 0.3 is 12.5 Å². The Bertz CT molecular complexity index is 1050. The van der Waals surface area contributed by atoms with Crippen LogP contribution in [0.3, 0.4) is 0 Å². The molecule has 1 saturated heterocycles. The van der Waals surface area contributed by atoms with Gasteiger partial charge in [0.25, 0.3) is 5.89 Å². The average Bonchev–Trinajstić information content (AvgIpc) is 3.29. The molecule has 1 fully saturated rings. The fourth-order valence-corrected chi connectivity index (χ4v) is 3.41. The Balaban J connectivity index is 1.54. The van der Waals surface area contributed by atoms with Gasteiger partial charge in [-0.1, -0.05) is 17.7 Å². The second-order valence-electron chi connectivity index (χ2n) is 7.78. The van der Waals surface area contributed by atoms with Crippen molar-refractivity contribution in [3.63, 3.8) is 0 Å². The summed E-state index contributed by atoms with van der Waals surface area (Å²) >= 11 is 0. The van der Waals surface area contributed by atoms with E-state index in [9.17, 15) is 13.6 Å². The summed E-state index contributed by atoms with van der Waals surface area (Å²) in [7, 11) is 2.04. The maximum atomic E-state index is 13.4. The lowest BCUT2D eigenvalue weighted by Gasteiger charge is -2.36. The van der Waals surface area contributed by atoms with E-state index in [-0.39, 0.29) is 18.5 Å². The molecule has 4 rings (SSSR count). The van der Waals surface area contributed by atoms with E-state index in [2.05, 4.69) is 20.1 Å². The minimum atomic E-state index is -2.83. The zero-order valence-electron chi connectivity index (χ0n) is 17.9. The first kappa shape index (κ1) is 21.8. The molecule has 168 valence electrons. The van der Waals surface area contributed by atoms with Gasteiger partial charge in [-0.3, -0.25) is 9.88 Å². The number of pyridine rings is 1. The molecular weight excluding hydrogens is 418 g/mol. The molecule has 0 N–H and O–H groups in total. The van der Waals surface area contributed by atoms with Gasteiger partial charge in [-0.25, -0.2) is 4.79 Å². The van der Waals surface area contributed by atoms with E-state index in [0.717, 1.165) is 24.3 Å². The van der Waals surface area contributed by atoms with Crippen LogP contribution in [0.4, 0.5) is 19.3 Å². The van der Waals surface area contributed by atoms with Crippen molar-refractivity contribution in [2.24, 2.45) is 0 Å². The van der Waals surface area contributed by atoms with Gasteiger partial charge in [0.15, 0.2) is 0 Å². The number of rotatable bonds is 5. The lowest BCUT2D eigenvalue weighted by molar-refractivity contribution is 0.116. The summed E-state index contributed by atoms with van der Waals surface area (Å²) in [5, 5.41) is 6.97. The molecule has 1 aliphatic heterocycles. The van der Waals surface area contributed by atoms with Crippen LogP contribution in [0.15, 0.2) is 47.0 Å². The van der Waals surface area contributed by atoms with Crippen molar-refractivity contribution in [3.8, 4) is 11.5 Å². The molecule has 2 aromatic heterocycles. The zero-order chi connectivity index (χ0) is 22.7. The largest absolute Gasteiger partial charge is 0.415 e. The monoisotopic (exact) mass is 442 g/mol. The van der Waals surface area contributed by atoms with Crippen LogP contribution in [-0.2, 0) is 6.54 Å². The van der Waals surface area contributed by atoms with E-state index >= 15 is 0 Å². The zero-order valence-corrected chi connectivity index (χ0v) is 17.9. The van der Waals surface area contributed by atoms with Crippen LogP contribution in [0.5, 0.6) is 0 Å². The number of aromatic nitrogens is 3. The number of carbonyl (C=O) groups excluding carboxylic acids is 1. The van der Waals surface area contributed by atoms with E-state index in [0.29, 0.717) is 24.3 Å². The number of carbonyl (C=O) groups is 1. The highest BCUT2D eigenvalue weighted by atomic mass is 19.3. The Morgan fingerprint density at radius 2 is 1.81 bits per heavy atom. The molecule has 10 heteroatoms. The Kier molecular flexibility index (Phi) is 6.40. The van der Waals surface area contributed by atoms with Crippen LogP contribution in [0.1, 0.15) is 23.6 Å². The van der Waals surface area contributed by atoms with Crippen LogP contribution in [-0.4, -0.2) is 64.2 Å². The second-order valence-corrected chi connectivity index (χ2v) is 7.78. The molecule has 1 aliphatic rings. The van der Waals surface area contributed by atoms with Crippen LogP contribution in [0.2, 0.25) is 0 Å². The predicted octanol–water partition coefficient (Wildman–Crippen LogP) is 3.75. The summed E-state index contributed by atoms with van der Waals surface area (Å²) in [6, 6.07) is 11.1. The molecule has 0 radical (unpaired) electrons. The third kappa shape index (κ3) is 4.91. The molecule has 32 heavy (non-hydrogen) atoms. The number of nitrogens with zero attached hydrogens (tertiary/aromatic N) is 6. The summed E-state index contributed by atoms with van der Waals surface area (Å²) in [5.41, 5.74) is 2.96. The van der Waals surface area contributed by atoms with Gasteiger partial charge in [0, 0.05) is 38.1 Å². The molecule has 0 aliphatic carbocycles. The van der Waals surface area contributed by atoms with Crippen molar-refractivity contribution in [3.05, 3.63) is 59.7 Å². The number of hydrogen-bond acceptors (Lipinski definition) is 6. The minimum Gasteiger partial charge on any atom is -0.415 e. The minimum absolute atomic E-state index is 0.0248. The van der Waals surface area contributed by atoms with E-state index < -0.39 is 12.3 Å². The molecule has 0 bridgehead atoms. The van der Waals surface area contributed by atoms with Crippen molar-refractivity contribution in [2.75, 3.05) is 38.1 Å². The summed E-state index contributed by atoms with van der Waals surface area (Å²) in [6.07, 6.45) is -1.35. The van der Waals surface area contributed by atoms with Crippen molar-refractivity contribution in [2.45, 2.75) is 19.9 Å². The van der Waals surface area contributed by atoms with Crippen LogP contribution >= 0.6 is 0 Å². The van der Waals surface area contributed by atoms with Crippen molar-refractivity contribution in [1.82, 2.24) is 25.0 Å². The Morgan fingerprint density at radius 1 is 1.09 bits per heavy atom. The lowest BCUT2D eigenvalue weighted by atomic mass is 10.2. The van der Waals surface area contributed by atoms with Crippen LogP contribution in [0, 0.1) is 6.92 Å². The van der Waals surface area contributed by atoms with Gasteiger partial charge < -0.3 is 14.2 Å². The molecule has 0 atom stereocenters. The summed E-state index contributed by atoms with van der Waals surface area (Å²) < 4.78 is 30.3. The topological polar surface area (TPSA) is 78.6 Å². The van der Waals surface area contributed by atoms with Crippen molar-refractivity contribution < 1.29 is 18.0 Å². The number of hydrogen-bond donors (Lipinski definition) is 0. The fourth-order valence-electron chi connectivity index (χ4n) is 3.41. The molecule has 0 spiro atoms. The van der Waals surface area contributed by atoms with E-state index in [1.165, 1.54) is 6.20 Å². The van der Waals surface area contributed by atoms with Crippen molar-refractivity contribution >= 4 is 11.7 Å². The normalized spacial score (nSPS) is 14.7. The Labute approximate surface area is 184 Å². The molecule has 1 aromatic carbocycles. The number of anilines is 1. The number of piperazine rings is 1. The molecule has 0 unspecified atom stereocenters. The highest BCUT2D eigenvalue weighted by Crippen LogP contribution is 2.24. The number of urea groups is 1. The van der Waals surface area contributed by atoms with E-state index in [1.54, 1.807) is 17.0 Å². The van der Waals surface area contributed by atoms with Crippen LogP contribution in [0.25, 0.3) is 11.5 Å². The molecule has 2 amide bonds. The highest BCUT2D eigenvalue weighted by Gasteiger charge is 2.26. The molecule has 8 nitrogen and oxygen atoms in total. The number of alkyl halides is 2. The maximum Gasteiger partial charge on any atom is 0.324 e. The predicted molar refractivity (Wildman–Crippen MR) is 114 cm³/mol. The number of likely N-dealkylation sites (N-methyl/N-ethyl adjacent to an activating group) is 1. The first-order valence-electron chi connectivity index (χ1n) is 10.3. The Morgan fingerprint density at radius 3 is 2.41 bits per heavy atom. The lowest BCUT2D eigenvalue weighted by Crippen LogP contribution is -2.52. The average molecular weight is 442 g/mol. The maximum absolute atomic E-state index is 13.4. The number of amides is 2. The number of benzene rings is 1. The standard InChI is InChI=1S/C22H24F2N6O2/c1-15-3-7-18(8-4-15)30(22(31)29-11-9-28(2)10-12-29)14-17-6-5-16(13-25-17)20-26-27-21(32-20)19(23)24/h3-8,13,19H,9-12,14H2,1-2H3. The van der Waals surface area contributed by atoms with Gasteiger partial charge in [-0.2, -0.15) is 8.78 Å². The van der Waals surface area contributed by atoms with Gasteiger partial charge in [0.1, 0.15) is 0 Å². The molecule has 3 aromatic rings. The van der Waals surface area contributed by atoms with Gasteiger partial charge in [0.2, 0.25) is 5.89 Å². The SMILES string of the molecule is Cc1ccc(N(Cc2ccc(-c3nnc(C(F)F)o3)cn2)C(=O)N2CCN(C)CC2)cc1. The van der Waals surface area contributed by atoms with Crippen molar-refractivity contribution in [1.29, 1.82) is 0 Å². The molecule has 0 saturated carbocycles. The summed E-state index contributed by atoms with van der Waals surface area (Å²) in [6.45, 7) is 5.23. The third-order valence-electron chi connectivity index (χ3n) is 5.37. The Hall–Kier alpha value is -3.40. The van der Waals surface area contributed by atoms with Crippen LogP contribution < -0.4 is 4.90 Å². The first-order chi connectivity index (χ1) is 15.4. The van der Waals surface area contributed by atoms with E-state index in [1.807, 2.05) is 43.1 Å². The third-order valence-corrected chi connectivity index (χ3v) is 5.37. The highest BCUT2D eigenvalue weighted by molar-refractivity contribution is 5.92. The molecular formula is C22H24F2N6O2. The summed E-state index contributed by atoms with van der Waals surface area (Å²) in [5.74, 6) is -0.754. The number of halogens is 2. The fraction of sp³-hybridized carbons (Fsp3) is 0.364. The summed E-state index contributed by atoms with van der Waals surface area (Å²) in [4.78, 5) is 23.5. The quantitative estimate of drug-likeness (QED) is 0.599. The smallest absolute Gasteiger partial charge is 0.324 e. The van der Waals surface area contributed by atoms with Gasteiger partial charge in [-0.05, 0) is 38.2 Å². The number of aryl methyl sites for hydroxylation is 1.